The molecule has 19 heavy (non-hydrogen) atoms. The fourth-order valence-electron chi connectivity index (χ4n) is 2.00. The Bertz CT molecular complexity index is 527. The lowest BCUT2D eigenvalue weighted by Crippen LogP contribution is -2.27. The molecule has 0 fully saturated rings. The van der Waals surface area contributed by atoms with E-state index < -0.39 is 0 Å². The van der Waals surface area contributed by atoms with Crippen LogP contribution in [0.2, 0.25) is 0 Å². The van der Waals surface area contributed by atoms with Crippen LogP contribution in [0.25, 0.3) is 11.4 Å². The second-order valence-corrected chi connectivity index (χ2v) is 4.47. The molecule has 0 aliphatic heterocycles. The second-order valence-electron chi connectivity index (χ2n) is 4.47. The van der Waals surface area contributed by atoms with Crippen molar-refractivity contribution in [3.8, 4) is 11.4 Å². The van der Waals surface area contributed by atoms with Crippen molar-refractivity contribution >= 4 is 0 Å². The molecule has 0 amide bonds. The lowest BCUT2D eigenvalue weighted by Gasteiger charge is -2.11. The molecule has 1 N–H and O–H groups in total. The first-order chi connectivity index (χ1) is 9.24. The molecule has 1 aromatic carbocycles. The minimum atomic E-state index is -0.339. The predicted molar refractivity (Wildman–Crippen MR) is 71.2 cm³/mol. The van der Waals surface area contributed by atoms with Crippen LogP contribution in [0.15, 0.2) is 28.8 Å². The molecular formula is C14H18FN3O. The van der Waals surface area contributed by atoms with Crippen LogP contribution < -0.4 is 5.32 Å². The maximum absolute atomic E-state index is 13.6. The van der Waals surface area contributed by atoms with Gasteiger partial charge in [-0.05, 0) is 25.6 Å². The largest absolute Gasteiger partial charge is 0.339 e. The van der Waals surface area contributed by atoms with Crippen molar-refractivity contribution in [2.24, 2.45) is 0 Å². The van der Waals surface area contributed by atoms with Gasteiger partial charge in [0.1, 0.15) is 5.82 Å². The lowest BCUT2D eigenvalue weighted by atomic mass is 10.1. The van der Waals surface area contributed by atoms with Crippen LogP contribution >= 0.6 is 0 Å². The van der Waals surface area contributed by atoms with Crippen LogP contribution in [0.5, 0.6) is 0 Å². The van der Waals surface area contributed by atoms with E-state index in [1.54, 1.807) is 18.2 Å². The van der Waals surface area contributed by atoms with Crippen LogP contribution in [0, 0.1) is 5.82 Å². The molecule has 1 unspecified atom stereocenters. The third-order valence-corrected chi connectivity index (χ3v) is 3.05. The summed E-state index contributed by atoms with van der Waals surface area (Å²) in [6.45, 7) is 2.13. The third kappa shape index (κ3) is 3.38. The van der Waals surface area contributed by atoms with Crippen LogP contribution in [0.4, 0.5) is 4.39 Å². The molecule has 0 aliphatic rings. The van der Waals surface area contributed by atoms with E-state index in [4.69, 9.17) is 4.52 Å². The Morgan fingerprint density at radius 2 is 2.16 bits per heavy atom. The van der Waals surface area contributed by atoms with E-state index in [-0.39, 0.29) is 5.82 Å². The van der Waals surface area contributed by atoms with Crippen LogP contribution in [-0.4, -0.2) is 23.2 Å². The number of rotatable bonds is 6. The summed E-state index contributed by atoms with van der Waals surface area (Å²) in [5, 5.41) is 7.05. The molecule has 5 heteroatoms. The molecule has 0 spiro atoms. The number of halogens is 1. The van der Waals surface area contributed by atoms with Crippen molar-refractivity contribution in [2.75, 3.05) is 7.05 Å². The minimum absolute atomic E-state index is 0.305. The standard InChI is InChI=1S/C14H18FN3O/c1-3-6-10(16-2)9-13-17-14(18-19-13)11-7-4-5-8-12(11)15/h4-5,7-8,10,16H,3,6,9H2,1-2H3. The fraction of sp³-hybridized carbons (Fsp3) is 0.429. The lowest BCUT2D eigenvalue weighted by molar-refractivity contribution is 0.356. The van der Waals surface area contributed by atoms with Gasteiger partial charge in [0.05, 0.1) is 5.56 Å². The number of benzene rings is 1. The van der Waals surface area contributed by atoms with Crippen molar-refractivity contribution in [1.82, 2.24) is 15.5 Å². The molecule has 0 bridgehead atoms. The highest BCUT2D eigenvalue weighted by Gasteiger charge is 2.15. The molecule has 2 aromatic rings. The average Bonchev–Trinajstić information content (AvgIpc) is 2.87. The van der Waals surface area contributed by atoms with Gasteiger partial charge in [0.25, 0.3) is 0 Å². The Balaban J connectivity index is 2.13. The summed E-state index contributed by atoms with van der Waals surface area (Å²) in [4.78, 5) is 4.25. The molecule has 102 valence electrons. The summed E-state index contributed by atoms with van der Waals surface area (Å²) in [6.07, 6.45) is 2.78. The Hall–Kier alpha value is -1.75. The first kappa shape index (κ1) is 13.7. The van der Waals surface area contributed by atoms with E-state index in [1.807, 2.05) is 7.05 Å². The number of hydrogen-bond donors (Lipinski definition) is 1. The van der Waals surface area contributed by atoms with E-state index in [0.717, 1.165) is 12.8 Å². The highest BCUT2D eigenvalue weighted by Crippen LogP contribution is 2.19. The van der Waals surface area contributed by atoms with Gasteiger partial charge in [-0.25, -0.2) is 4.39 Å². The Morgan fingerprint density at radius 3 is 2.84 bits per heavy atom. The van der Waals surface area contributed by atoms with Crippen molar-refractivity contribution in [2.45, 2.75) is 32.2 Å². The van der Waals surface area contributed by atoms with Crippen molar-refractivity contribution < 1.29 is 8.91 Å². The quantitative estimate of drug-likeness (QED) is 0.870. The topological polar surface area (TPSA) is 51.0 Å². The number of nitrogens with zero attached hydrogens (tertiary/aromatic N) is 2. The summed E-state index contributed by atoms with van der Waals surface area (Å²) in [5.41, 5.74) is 0.369. The molecule has 2 rings (SSSR count). The van der Waals surface area contributed by atoms with Gasteiger partial charge < -0.3 is 9.84 Å². The zero-order chi connectivity index (χ0) is 13.7. The molecule has 1 heterocycles. The molecule has 1 aromatic heterocycles. The van der Waals surface area contributed by atoms with Gasteiger partial charge in [-0.15, -0.1) is 0 Å². The minimum Gasteiger partial charge on any atom is -0.339 e. The van der Waals surface area contributed by atoms with E-state index in [0.29, 0.717) is 29.7 Å². The first-order valence-corrected chi connectivity index (χ1v) is 6.49. The van der Waals surface area contributed by atoms with Gasteiger partial charge in [0.2, 0.25) is 11.7 Å². The molecule has 0 saturated heterocycles. The van der Waals surface area contributed by atoms with Crippen LogP contribution in [0.1, 0.15) is 25.7 Å². The maximum atomic E-state index is 13.6. The molecule has 0 radical (unpaired) electrons. The Labute approximate surface area is 112 Å². The van der Waals surface area contributed by atoms with Crippen molar-refractivity contribution in [3.63, 3.8) is 0 Å². The van der Waals surface area contributed by atoms with Gasteiger partial charge >= 0.3 is 0 Å². The Kier molecular flexibility index (Phi) is 4.63. The monoisotopic (exact) mass is 263 g/mol. The van der Waals surface area contributed by atoms with E-state index in [9.17, 15) is 4.39 Å². The van der Waals surface area contributed by atoms with Crippen LogP contribution in [-0.2, 0) is 6.42 Å². The predicted octanol–water partition coefficient (Wildman–Crippen LogP) is 2.81. The van der Waals surface area contributed by atoms with E-state index >= 15 is 0 Å². The summed E-state index contributed by atoms with van der Waals surface area (Å²) >= 11 is 0. The first-order valence-electron chi connectivity index (χ1n) is 6.49. The number of likely N-dealkylation sites (N-methyl/N-ethyl adjacent to an activating group) is 1. The van der Waals surface area contributed by atoms with Gasteiger partial charge in [-0.3, -0.25) is 0 Å². The second kappa shape index (κ2) is 6.43. The molecule has 4 nitrogen and oxygen atoms in total. The van der Waals surface area contributed by atoms with E-state index in [1.165, 1.54) is 6.07 Å². The third-order valence-electron chi connectivity index (χ3n) is 3.05. The normalized spacial score (nSPS) is 12.6. The average molecular weight is 263 g/mol. The SMILES string of the molecule is CCCC(Cc1nc(-c2ccccc2F)no1)NC. The number of nitrogens with one attached hydrogen (secondary N) is 1. The highest BCUT2D eigenvalue weighted by molar-refractivity contribution is 5.54. The zero-order valence-corrected chi connectivity index (χ0v) is 11.2. The maximum Gasteiger partial charge on any atom is 0.228 e. The summed E-state index contributed by atoms with van der Waals surface area (Å²) in [5.74, 6) is 0.499. The summed E-state index contributed by atoms with van der Waals surface area (Å²) in [6, 6.07) is 6.73. The van der Waals surface area contributed by atoms with Crippen molar-refractivity contribution in [1.29, 1.82) is 0 Å². The smallest absolute Gasteiger partial charge is 0.228 e. The summed E-state index contributed by atoms with van der Waals surface area (Å²) in [7, 11) is 1.91. The zero-order valence-electron chi connectivity index (χ0n) is 11.2. The molecular weight excluding hydrogens is 245 g/mol. The van der Waals surface area contributed by atoms with Gasteiger partial charge in [-0.2, -0.15) is 4.98 Å². The van der Waals surface area contributed by atoms with Gasteiger partial charge in [-0.1, -0.05) is 30.6 Å². The number of hydrogen-bond acceptors (Lipinski definition) is 4. The molecule has 0 saturated carbocycles. The fourth-order valence-corrected chi connectivity index (χ4v) is 2.00. The number of aromatic nitrogens is 2. The summed E-state index contributed by atoms with van der Waals surface area (Å²) < 4.78 is 18.8. The Morgan fingerprint density at radius 1 is 1.37 bits per heavy atom. The van der Waals surface area contributed by atoms with Crippen molar-refractivity contribution in [3.05, 3.63) is 36.0 Å². The highest BCUT2D eigenvalue weighted by atomic mass is 19.1. The van der Waals surface area contributed by atoms with Gasteiger partial charge in [0, 0.05) is 12.5 Å². The van der Waals surface area contributed by atoms with Crippen LogP contribution in [0.3, 0.4) is 0 Å². The molecule has 0 aliphatic carbocycles. The van der Waals surface area contributed by atoms with E-state index in [2.05, 4.69) is 22.4 Å². The van der Waals surface area contributed by atoms with Gasteiger partial charge in [0.15, 0.2) is 0 Å². The molecule has 1 atom stereocenters.